The van der Waals surface area contributed by atoms with Crippen LogP contribution in [0.25, 0.3) is 0 Å². The lowest BCUT2D eigenvalue weighted by atomic mass is 9.85. The van der Waals surface area contributed by atoms with E-state index < -0.39 is 0 Å². The van der Waals surface area contributed by atoms with Crippen molar-refractivity contribution in [2.75, 3.05) is 26.0 Å². The third kappa shape index (κ3) is 3.68. The minimum atomic E-state index is 0.0183. The lowest BCUT2D eigenvalue weighted by Crippen LogP contribution is -2.44. The number of likely N-dealkylation sites (tertiary alicyclic amines) is 1. The van der Waals surface area contributed by atoms with Gasteiger partial charge in [-0.15, -0.1) is 0 Å². The number of fused-ring (bicyclic) bond motifs is 1. The van der Waals surface area contributed by atoms with E-state index in [0.29, 0.717) is 23.8 Å². The van der Waals surface area contributed by atoms with Crippen LogP contribution in [0, 0.1) is 5.92 Å². The molecule has 0 radical (unpaired) electrons. The van der Waals surface area contributed by atoms with Crippen molar-refractivity contribution in [2.24, 2.45) is 5.92 Å². The lowest BCUT2D eigenvalue weighted by Gasteiger charge is -2.33. The highest BCUT2D eigenvalue weighted by Gasteiger charge is 2.42. The summed E-state index contributed by atoms with van der Waals surface area (Å²) in [5, 5.41) is 7.45. The average Bonchev–Trinajstić information content (AvgIpc) is 3.08. The topological polar surface area (TPSA) is 53.4 Å². The molecule has 0 spiro atoms. The van der Waals surface area contributed by atoms with Crippen LogP contribution in [0.3, 0.4) is 0 Å². The molecule has 2 amide bonds. The first-order chi connectivity index (χ1) is 11.0. The van der Waals surface area contributed by atoms with Crippen LogP contribution in [0.4, 0.5) is 10.6 Å². The quantitative estimate of drug-likeness (QED) is 0.928. The molecule has 1 saturated heterocycles. The van der Waals surface area contributed by atoms with Crippen LogP contribution in [0.1, 0.15) is 39.0 Å². The molecular weight excluding hydrogens is 290 g/mol. The van der Waals surface area contributed by atoms with E-state index in [-0.39, 0.29) is 6.03 Å². The summed E-state index contributed by atoms with van der Waals surface area (Å²) in [7, 11) is 4.09. The number of rotatable bonds is 4. The van der Waals surface area contributed by atoms with Gasteiger partial charge in [0.25, 0.3) is 0 Å². The Labute approximate surface area is 138 Å². The molecule has 128 valence electrons. The zero-order valence-corrected chi connectivity index (χ0v) is 14.5. The Morgan fingerprint density at radius 2 is 2.17 bits per heavy atom. The van der Waals surface area contributed by atoms with Crippen LogP contribution in [0.15, 0.2) is 12.3 Å². The van der Waals surface area contributed by atoms with Crippen molar-refractivity contribution in [2.45, 2.75) is 57.7 Å². The number of hydrogen-bond donors (Lipinski definition) is 1. The second-order valence-corrected chi connectivity index (χ2v) is 7.30. The monoisotopic (exact) mass is 319 g/mol. The molecule has 6 heteroatoms. The van der Waals surface area contributed by atoms with E-state index >= 15 is 0 Å². The van der Waals surface area contributed by atoms with E-state index in [1.807, 2.05) is 31.0 Å². The molecule has 0 bridgehead atoms. The number of carbonyl (C=O) groups excluding carboxylic acids is 1. The van der Waals surface area contributed by atoms with Gasteiger partial charge in [-0.1, -0.05) is 12.8 Å². The largest absolute Gasteiger partial charge is 0.323 e. The predicted octanol–water partition coefficient (Wildman–Crippen LogP) is 2.63. The molecule has 1 aromatic heterocycles. The van der Waals surface area contributed by atoms with Gasteiger partial charge in [0.1, 0.15) is 0 Å². The van der Waals surface area contributed by atoms with Crippen LogP contribution >= 0.6 is 0 Å². The summed E-state index contributed by atoms with van der Waals surface area (Å²) in [4.78, 5) is 16.9. The number of urea groups is 1. The Bertz CT molecular complexity index is 541. The van der Waals surface area contributed by atoms with Gasteiger partial charge >= 0.3 is 6.03 Å². The number of nitrogens with zero attached hydrogens (tertiary/aromatic N) is 4. The van der Waals surface area contributed by atoms with Crippen molar-refractivity contribution in [1.82, 2.24) is 19.6 Å². The number of likely N-dealkylation sites (N-methyl/N-ethyl adjacent to an activating group) is 1. The first-order valence-electron chi connectivity index (χ1n) is 8.82. The number of carbonyl (C=O) groups is 1. The van der Waals surface area contributed by atoms with Crippen LogP contribution < -0.4 is 5.32 Å². The highest BCUT2D eigenvalue weighted by Crippen LogP contribution is 2.39. The zero-order valence-electron chi connectivity index (χ0n) is 14.5. The van der Waals surface area contributed by atoms with Crippen molar-refractivity contribution < 1.29 is 4.79 Å². The Hall–Kier alpha value is -1.56. The molecule has 1 aliphatic heterocycles. The minimum Gasteiger partial charge on any atom is -0.319 e. The smallest absolute Gasteiger partial charge is 0.319 e. The molecule has 2 fully saturated rings. The molecule has 1 aliphatic carbocycles. The van der Waals surface area contributed by atoms with E-state index in [1.165, 1.54) is 19.3 Å². The van der Waals surface area contributed by atoms with Crippen molar-refractivity contribution in [3.8, 4) is 0 Å². The number of amides is 2. The van der Waals surface area contributed by atoms with E-state index in [4.69, 9.17) is 0 Å². The molecule has 1 aromatic rings. The number of nitrogens with one attached hydrogen (secondary N) is 1. The molecule has 2 aliphatic rings. The molecule has 0 aromatic carbocycles. The SMILES string of the molecule is C[C@@H]1C[C@H]2CCCC[C@@H]2N1C(=O)Nc1ccn(CCN(C)C)n1. The fourth-order valence-corrected chi connectivity index (χ4v) is 4.09. The Morgan fingerprint density at radius 1 is 1.39 bits per heavy atom. The molecular formula is C17H29N5O. The van der Waals surface area contributed by atoms with Crippen LogP contribution in [-0.4, -0.2) is 58.3 Å². The molecule has 1 N–H and O–H groups in total. The average molecular weight is 319 g/mol. The van der Waals surface area contributed by atoms with E-state index in [9.17, 15) is 4.79 Å². The Morgan fingerprint density at radius 3 is 2.96 bits per heavy atom. The van der Waals surface area contributed by atoms with Gasteiger partial charge in [-0.05, 0) is 46.2 Å². The third-order valence-corrected chi connectivity index (χ3v) is 5.23. The van der Waals surface area contributed by atoms with Gasteiger partial charge in [-0.25, -0.2) is 4.79 Å². The first kappa shape index (κ1) is 16.3. The predicted molar refractivity (Wildman–Crippen MR) is 91.5 cm³/mol. The molecule has 6 nitrogen and oxygen atoms in total. The van der Waals surface area contributed by atoms with E-state index in [2.05, 4.69) is 27.1 Å². The van der Waals surface area contributed by atoms with Gasteiger partial charge in [-0.2, -0.15) is 5.10 Å². The lowest BCUT2D eigenvalue weighted by molar-refractivity contribution is 0.168. The number of aromatic nitrogens is 2. The zero-order chi connectivity index (χ0) is 16.4. The summed E-state index contributed by atoms with van der Waals surface area (Å²) in [5.41, 5.74) is 0. The normalized spacial score (nSPS) is 27.3. The van der Waals surface area contributed by atoms with E-state index in [1.54, 1.807) is 0 Å². The molecule has 3 atom stereocenters. The Balaban J connectivity index is 1.60. The maximum Gasteiger partial charge on any atom is 0.323 e. The van der Waals surface area contributed by atoms with Gasteiger partial charge in [0, 0.05) is 30.9 Å². The van der Waals surface area contributed by atoms with Crippen LogP contribution in [0.5, 0.6) is 0 Å². The third-order valence-electron chi connectivity index (χ3n) is 5.23. The number of anilines is 1. The van der Waals surface area contributed by atoms with Gasteiger partial charge in [-0.3, -0.25) is 10.00 Å². The summed E-state index contributed by atoms with van der Waals surface area (Å²) in [5.74, 6) is 1.35. The summed E-state index contributed by atoms with van der Waals surface area (Å²) in [6.45, 7) is 3.93. The van der Waals surface area contributed by atoms with Crippen molar-refractivity contribution in [3.05, 3.63) is 12.3 Å². The fourth-order valence-electron chi connectivity index (χ4n) is 4.09. The standard InChI is InChI=1S/C17H29N5O/c1-13-12-14-6-4-5-7-15(14)22(13)17(23)18-16-8-9-21(19-16)11-10-20(2)3/h8-9,13-15H,4-7,10-12H2,1-3H3,(H,18,19,23)/t13-,14-,15+/m1/s1. The molecule has 3 rings (SSSR count). The van der Waals surface area contributed by atoms with Crippen LogP contribution in [0.2, 0.25) is 0 Å². The van der Waals surface area contributed by atoms with Gasteiger partial charge in [0.05, 0.1) is 6.54 Å². The summed E-state index contributed by atoms with van der Waals surface area (Å²) in [6.07, 6.45) is 8.07. The van der Waals surface area contributed by atoms with Crippen LogP contribution in [-0.2, 0) is 6.54 Å². The van der Waals surface area contributed by atoms with Gasteiger partial charge in [0.2, 0.25) is 0 Å². The first-order valence-corrected chi connectivity index (χ1v) is 8.82. The highest BCUT2D eigenvalue weighted by molar-refractivity contribution is 5.89. The molecule has 23 heavy (non-hydrogen) atoms. The van der Waals surface area contributed by atoms with Crippen molar-refractivity contribution in [3.63, 3.8) is 0 Å². The second kappa shape index (κ2) is 6.91. The summed E-state index contributed by atoms with van der Waals surface area (Å²) in [6, 6.07) is 2.66. The molecule has 1 saturated carbocycles. The molecule has 0 unspecified atom stereocenters. The minimum absolute atomic E-state index is 0.0183. The number of hydrogen-bond acceptors (Lipinski definition) is 3. The maximum atomic E-state index is 12.7. The second-order valence-electron chi connectivity index (χ2n) is 7.30. The summed E-state index contributed by atoms with van der Waals surface area (Å²) >= 11 is 0. The van der Waals surface area contributed by atoms with Crippen molar-refractivity contribution in [1.29, 1.82) is 0 Å². The summed E-state index contributed by atoms with van der Waals surface area (Å²) < 4.78 is 1.88. The molecule has 2 heterocycles. The Kier molecular flexibility index (Phi) is 4.90. The highest BCUT2D eigenvalue weighted by atomic mass is 16.2. The van der Waals surface area contributed by atoms with Gasteiger partial charge in [0.15, 0.2) is 5.82 Å². The van der Waals surface area contributed by atoms with Gasteiger partial charge < -0.3 is 9.80 Å². The maximum absolute atomic E-state index is 12.7. The fraction of sp³-hybridized carbons (Fsp3) is 0.765. The van der Waals surface area contributed by atoms with E-state index in [0.717, 1.165) is 25.9 Å². The van der Waals surface area contributed by atoms with Crippen molar-refractivity contribution >= 4 is 11.8 Å².